The average Bonchev–Trinajstić information content (AvgIpc) is 3.10. The van der Waals surface area contributed by atoms with Gasteiger partial charge in [-0.1, -0.05) is 54.1 Å². The molecule has 1 atom stereocenters. The van der Waals surface area contributed by atoms with Gasteiger partial charge in [-0.05, 0) is 77.8 Å². The van der Waals surface area contributed by atoms with E-state index in [1.54, 1.807) is 0 Å². The van der Waals surface area contributed by atoms with Crippen LogP contribution in [0.15, 0.2) is 66.7 Å². The van der Waals surface area contributed by atoms with E-state index in [4.69, 9.17) is 11.6 Å². The maximum absolute atomic E-state index is 13.1. The van der Waals surface area contributed by atoms with Crippen LogP contribution in [-0.4, -0.2) is 29.4 Å². The zero-order chi connectivity index (χ0) is 22.8. The lowest BCUT2D eigenvalue weighted by atomic mass is 10.1. The topological polar surface area (TPSA) is 61.4 Å². The Bertz CT molecular complexity index is 1190. The summed E-state index contributed by atoms with van der Waals surface area (Å²) in [4.78, 5) is 27.7. The van der Waals surface area contributed by atoms with Crippen LogP contribution in [0, 0.1) is 0 Å². The number of benzene rings is 3. The van der Waals surface area contributed by atoms with Crippen molar-refractivity contribution in [2.75, 3.05) is 11.9 Å². The summed E-state index contributed by atoms with van der Waals surface area (Å²) >= 11 is 5.98. The van der Waals surface area contributed by atoms with E-state index >= 15 is 0 Å². The zero-order valence-corrected chi connectivity index (χ0v) is 19.1. The van der Waals surface area contributed by atoms with E-state index in [1.807, 2.05) is 47.4 Å². The molecule has 3 aromatic rings. The predicted octanol–water partition coefficient (Wildman–Crippen LogP) is 5.61. The standard InChI is InChI=1S/C27H26ClN3O2/c28-21-10-8-18(9-11-21)17-31-14-4-3-7-25(26(31)32)30-27(33)29-22-12-13-24-20(16-22)15-19-5-1-2-6-23(19)24/h1-2,5-6,8-13,16,25H,3-4,7,14-15,17H2,(H2,29,30,33). The van der Waals surface area contributed by atoms with E-state index in [-0.39, 0.29) is 11.9 Å². The highest BCUT2D eigenvalue weighted by molar-refractivity contribution is 6.30. The molecule has 1 saturated heterocycles. The number of fused-ring (bicyclic) bond motifs is 3. The molecule has 0 aromatic heterocycles. The van der Waals surface area contributed by atoms with Gasteiger partial charge in [0.25, 0.3) is 0 Å². The van der Waals surface area contributed by atoms with E-state index in [0.717, 1.165) is 30.5 Å². The molecule has 5 nitrogen and oxygen atoms in total. The van der Waals surface area contributed by atoms with Gasteiger partial charge in [-0.3, -0.25) is 4.79 Å². The van der Waals surface area contributed by atoms with Crippen LogP contribution in [0.25, 0.3) is 11.1 Å². The largest absolute Gasteiger partial charge is 0.337 e. The summed E-state index contributed by atoms with van der Waals surface area (Å²) < 4.78 is 0. The first kappa shape index (κ1) is 21.5. The predicted molar refractivity (Wildman–Crippen MR) is 131 cm³/mol. The third-order valence-electron chi connectivity index (χ3n) is 6.42. The van der Waals surface area contributed by atoms with Crippen LogP contribution in [0.5, 0.6) is 0 Å². The molecule has 5 rings (SSSR count). The van der Waals surface area contributed by atoms with Gasteiger partial charge in [0.05, 0.1) is 0 Å². The van der Waals surface area contributed by atoms with Crippen LogP contribution >= 0.6 is 11.6 Å². The Labute approximate surface area is 198 Å². The summed E-state index contributed by atoms with van der Waals surface area (Å²) in [6, 6.07) is 21.0. The zero-order valence-electron chi connectivity index (χ0n) is 18.3. The molecule has 0 radical (unpaired) electrons. The van der Waals surface area contributed by atoms with Gasteiger partial charge < -0.3 is 15.5 Å². The first-order valence-electron chi connectivity index (χ1n) is 11.4. The lowest BCUT2D eigenvalue weighted by Gasteiger charge is -2.25. The van der Waals surface area contributed by atoms with Crippen molar-refractivity contribution in [2.24, 2.45) is 0 Å². The lowest BCUT2D eigenvalue weighted by molar-refractivity contribution is -0.133. The molecule has 1 unspecified atom stereocenters. The number of amides is 3. The Kier molecular flexibility index (Phi) is 6.05. The molecule has 168 valence electrons. The van der Waals surface area contributed by atoms with E-state index in [0.29, 0.717) is 24.5 Å². The molecule has 0 spiro atoms. The fourth-order valence-corrected chi connectivity index (χ4v) is 4.88. The minimum absolute atomic E-state index is 0.0398. The van der Waals surface area contributed by atoms with Crippen molar-refractivity contribution in [1.29, 1.82) is 0 Å². The van der Waals surface area contributed by atoms with Crippen LogP contribution < -0.4 is 10.6 Å². The molecule has 0 saturated carbocycles. The minimum Gasteiger partial charge on any atom is -0.337 e. The molecule has 1 aliphatic carbocycles. The quantitative estimate of drug-likeness (QED) is 0.416. The van der Waals surface area contributed by atoms with Gasteiger partial charge >= 0.3 is 6.03 Å². The number of rotatable bonds is 4. The summed E-state index contributed by atoms with van der Waals surface area (Å²) in [5.74, 6) is -0.0398. The van der Waals surface area contributed by atoms with E-state index in [1.165, 1.54) is 22.3 Å². The second-order valence-corrected chi connectivity index (χ2v) is 9.18. The maximum Gasteiger partial charge on any atom is 0.319 e. The number of carbonyl (C=O) groups is 2. The molecule has 2 aliphatic rings. The second-order valence-electron chi connectivity index (χ2n) is 8.74. The van der Waals surface area contributed by atoms with Crippen molar-refractivity contribution in [3.63, 3.8) is 0 Å². The van der Waals surface area contributed by atoms with Gasteiger partial charge in [0.1, 0.15) is 6.04 Å². The maximum atomic E-state index is 13.1. The van der Waals surface area contributed by atoms with Gasteiger partial charge in [0.15, 0.2) is 0 Å². The smallest absolute Gasteiger partial charge is 0.319 e. The van der Waals surface area contributed by atoms with E-state index < -0.39 is 6.04 Å². The van der Waals surface area contributed by atoms with Crippen molar-refractivity contribution >= 4 is 29.2 Å². The monoisotopic (exact) mass is 459 g/mol. The summed E-state index contributed by atoms with van der Waals surface area (Å²) in [5.41, 5.74) is 6.74. The number of hydrogen-bond acceptors (Lipinski definition) is 2. The average molecular weight is 460 g/mol. The number of likely N-dealkylation sites (tertiary alicyclic amines) is 1. The first-order chi connectivity index (χ1) is 16.1. The van der Waals surface area contributed by atoms with E-state index in [9.17, 15) is 9.59 Å². The van der Waals surface area contributed by atoms with Crippen molar-refractivity contribution in [2.45, 2.75) is 38.3 Å². The van der Waals surface area contributed by atoms with Crippen LogP contribution in [0.2, 0.25) is 5.02 Å². The number of hydrogen-bond donors (Lipinski definition) is 2. The molecule has 0 bridgehead atoms. The third kappa shape index (κ3) is 4.74. The van der Waals surface area contributed by atoms with Crippen molar-refractivity contribution in [3.05, 3.63) is 88.4 Å². The molecule has 33 heavy (non-hydrogen) atoms. The van der Waals surface area contributed by atoms with Crippen LogP contribution in [0.1, 0.15) is 36.0 Å². The van der Waals surface area contributed by atoms with Gasteiger partial charge in [0.2, 0.25) is 5.91 Å². The Morgan fingerprint density at radius 3 is 2.61 bits per heavy atom. The summed E-state index contributed by atoms with van der Waals surface area (Å²) in [5, 5.41) is 6.50. The summed E-state index contributed by atoms with van der Waals surface area (Å²) in [6.07, 6.45) is 3.32. The molecule has 1 heterocycles. The molecule has 3 aromatic carbocycles. The number of nitrogens with zero attached hydrogens (tertiary/aromatic N) is 1. The Hall–Kier alpha value is -3.31. The fourth-order valence-electron chi connectivity index (χ4n) is 4.75. The first-order valence-corrected chi connectivity index (χ1v) is 11.8. The second kappa shape index (κ2) is 9.28. The van der Waals surface area contributed by atoms with Crippen LogP contribution in [0.4, 0.5) is 10.5 Å². The highest BCUT2D eigenvalue weighted by Gasteiger charge is 2.28. The van der Waals surface area contributed by atoms with Crippen molar-refractivity contribution in [1.82, 2.24) is 10.2 Å². The van der Waals surface area contributed by atoms with Gasteiger partial charge in [-0.25, -0.2) is 4.79 Å². The summed E-state index contributed by atoms with van der Waals surface area (Å²) in [7, 11) is 0. The Balaban J connectivity index is 1.23. The highest BCUT2D eigenvalue weighted by atomic mass is 35.5. The van der Waals surface area contributed by atoms with Gasteiger partial charge in [-0.2, -0.15) is 0 Å². The van der Waals surface area contributed by atoms with Gasteiger partial charge in [-0.15, -0.1) is 0 Å². The number of anilines is 1. The van der Waals surface area contributed by atoms with Crippen LogP contribution in [-0.2, 0) is 17.8 Å². The minimum atomic E-state index is -0.529. The molecule has 1 fully saturated rings. The van der Waals surface area contributed by atoms with Crippen LogP contribution in [0.3, 0.4) is 0 Å². The molecule has 1 aliphatic heterocycles. The Morgan fingerprint density at radius 2 is 1.76 bits per heavy atom. The SMILES string of the molecule is O=C(Nc1ccc2c(c1)Cc1ccccc1-2)NC1CCCCN(Cc2ccc(Cl)cc2)C1=O. The fraction of sp³-hybridized carbons (Fsp3) is 0.259. The number of urea groups is 1. The van der Waals surface area contributed by atoms with E-state index in [2.05, 4.69) is 34.9 Å². The molecule has 3 amide bonds. The molecular formula is C27H26ClN3O2. The highest BCUT2D eigenvalue weighted by Crippen LogP contribution is 2.37. The van der Waals surface area contributed by atoms with Crippen molar-refractivity contribution < 1.29 is 9.59 Å². The molecule has 2 N–H and O–H groups in total. The third-order valence-corrected chi connectivity index (χ3v) is 6.68. The molecular weight excluding hydrogens is 434 g/mol. The lowest BCUT2D eigenvalue weighted by Crippen LogP contribution is -2.48. The Morgan fingerprint density at radius 1 is 0.970 bits per heavy atom. The number of carbonyl (C=O) groups excluding carboxylic acids is 2. The molecule has 6 heteroatoms. The number of halogens is 1. The van der Waals surface area contributed by atoms with Crippen molar-refractivity contribution in [3.8, 4) is 11.1 Å². The van der Waals surface area contributed by atoms with Gasteiger partial charge in [0, 0.05) is 23.8 Å². The summed E-state index contributed by atoms with van der Waals surface area (Å²) in [6.45, 7) is 1.20. The number of nitrogens with one attached hydrogen (secondary N) is 2. The normalized spacial score (nSPS) is 17.2.